The standard InChI is InChI=1S/C7H5Cl3O/c8-4-11-7-2-5(9)1-6(10)3-7/h1-3H,4H2. The van der Waals surface area contributed by atoms with Crippen molar-refractivity contribution in [1.82, 2.24) is 0 Å². The van der Waals surface area contributed by atoms with Crippen LogP contribution in [0.2, 0.25) is 10.0 Å². The van der Waals surface area contributed by atoms with Gasteiger partial charge in [0.25, 0.3) is 0 Å². The maximum atomic E-state index is 5.68. The molecule has 0 saturated heterocycles. The summed E-state index contributed by atoms with van der Waals surface area (Å²) in [6.45, 7) is 0. The SMILES string of the molecule is ClCOc1cc(Cl)cc(Cl)c1. The first-order valence-electron chi connectivity index (χ1n) is 2.87. The molecule has 0 bridgehead atoms. The highest BCUT2D eigenvalue weighted by Crippen LogP contribution is 2.24. The summed E-state index contributed by atoms with van der Waals surface area (Å²) in [6, 6.07) is 5.02. The van der Waals surface area contributed by atoms with Gasteiger partial charge >= 0.3 is 0 Å². The molecule has 0 unspecified atom stereocenters. The molecule has 1 aromatic rings. The molecule has 0 fully saturated rings. The van der Waals surface area contributed by atoms with Crippen LogP contribution >= 0.6 is 34.8 Å². The molecule has 4 heteroatoms. The lowest BCUT2D eigenvalue weighted by molar-refractivity contribution is 0.388. The third-order valence-corrected chi connectivity index (χ3v) is 1.60. The summed E-state index contributed by atoms with van der Waals surface area (Å²) in [5.74, 6) is 0.581. The second kappa shape index (κ2) is 4.05. The van der Waals surface area contributed by atoms with E-state index >= 15 is 0 Å². The molecule has 1 nitrogen and oxygen atoms in total. The van der Waals surface area contributed by atoms with Crippen molar-refractivity contribution in [2.24, 2.45) is 0 Å². The van der Waals surface area contributed by atoms with Gasteiger partial charge in [-0.05, 0) is 18.2 Å². The van der Waals surface area contributed by atoms with Gasteiger partial charge < -0.3 is 4.74 Å². The summed E-state index contributed by atoms with van der Waals surface area (Å²) in [4.78, 5) is 0. The Morgan fingerprint density at radius 1 is 1.09 bits per heavy atom. The maximum absolute atomic E-state index is 5.68. The van der Waals surface area contributed by atoms with Gasteiger partial charge in [0.2, 0.25) is 0 Å². The molecule has 0 heterocycles. The van der Waals surface area contributed by atoms with Crippen LogP contribution in [0.15, 0.2) is 18.2 Å². The molecule has 0 spiro atoms. The first-order valence-corrected chi connectivity index (χ1v) is 4.16. The average Bonchev–Trinajstić information content (AvgIpc) is 1.85. The van der Waals surface area contributed by atoms with Gasteiger partial charge in [-0.15, -0.1) is 0 Å². The number of ether oxygens (including phenoxy) is 1. The monoisotopic (exact) mass is 210 g/mol. The molecule has 0 N–H and O–H groups in total. The Hall–Kier alpha value is -0.110. The van der Waals surface area contributed by atoms with Crippen LogP contribution in [0.3, 0.4) is 0 Å². The first-order chi connectivity index (χ1) is 5.22. The molecule has 0 atom stereocenters. The Bertz CT molecular complexity index is 229. The maximum Gasteiger partial charge on any atom is 0.162 e. The van der Waals surface area contributed by atoms with Gasteiger partial charge in [0.15, 0.2) is 6.07 Å². The molecule has 0 aromatic heterocycles. The fraction of sp³-hybridized carbons (Fsp3) is 0.143. The zero-order chi connectivity index (χ0) is 8.27. The minimum absolute atomic E-state index is 0.0939. The van der Waals surface area contributed by atoms with Gasteiger partial charge in [-0.25, -0.2) is 0 Å². The molecule has 1 aromatic carbocycles. The highest BCUT2D eigenvalue weighted by atomic mass is 35.5. The van der Waals surface area contributed by atoms with Gasteiger partial charge in [0.05, 0.1) is 0 Å². The summed E-state index contributed by atoms with van der Waals surface area (Å²) >= 11 is 16.7. The quantitative estimate of drug-likeness (QED) is 0.680. The van der Waals surface area contributed by atoms with E-state index in [0.29, 0.717) is 15.8 Å². The number of halogens is 3. The van der Waals surface area contributed by atoms with Gasteiger partial charge in [0.1, 0.15) is 5.75 Å². The van der Waals surface area contributed by atoms with Gasteiger partial charge in [0, 0.05) is 10.0 Å². The van der Waals surface area contributed by atoms with Crippen molar-refractivity contribution < 1.29 is 4.74 Å². The summed E-state index contributed by atoms with van der Waals surface area (Å²) in [7, 11) is 0. The van der Waals surface area contributed by atoms with Gasteiger partial charge in [-0.1, -0.05) is 34.8 Å². The number of alkyl halides is 1. The molecule has 0 aliphatic heterocycles. The largest absolute Gasteiger partial charge is 0.478 e. The van der Waals surface area contributed by atoms with Crippen LogP contribution < -0.4 is 4.74 Å². The van der Waals surface area contributed by atoms with E-state index in [1.807, 2.05) is 0 Å². The molecule has 60 valence electrons. The molecule has 1 rings (SSSR count). The predicted octanol–water partition coefficient (Wildman–Crippen LogP) is 3.57. The molecule has 0 saturated carbocycles. The second-order valence-corrected chi connectivity index (χ2v) is 2.95. The van der Waals surface area contributed by atoms with E-state index in [9.17, 15) is 0 Å². The zero-order valence-electron chi connectivity index (χ0n) is 5.48. The third kappa shape index (κ3) is 2.78. The molecule has 0 radical (unpaired) electrons. The molecule has 0 aliphatic rings. The second-order valence-electron chi connectivity index (χ2n) is 1.86. The summed E-state index contributed by atoms with van der Waals surface area (Å²) < 4.78 is 4.96. The van der Waals surface area contributed by atoms with Crippen molar-refractivity contribution in [3.05, 3.63) is 28.2 Å². The van der Waals surface area contributed by atoms with Crippen molar-refractivity contribution in [2.45, 2.75) is 0 Å². The Kier molecular flexibility index (Phi) is 3.31. The van der Waals surface area contributed by atoms with E-state index in [2.05, 4.69) is 0 Å². The third-order valence-electron chi connectivity index (χ3n) is 1.06. The molecule has 0 amide bonds. The number of hydrogen-bond donors (Lipinski definition) is 0. The lowest BCUT2D eigenvalue weighted by Crippen LogP contribution is -1.88. The molecular weight excluding hydrogens is 206 g/mol. The van der Waals surface area contributed by atoms with Crippen LogP contribution in [0, 0.1) is 0 Å². The Morgan fingerprint density at radius 3 is 2.09 bits per heavy atom. The average molecular weight is 211 g/mol. The van der Waals surface area contributed by atoms with Crippen LogP contribution in [0.4, 0.5) is 0 Å². The van der Waals surface area contributed by atoms with E-state index in [4.69, 9.17) is 39.5 Å². The van der Waals surface area contributed by atoms with E-state index in [0.717, 1.165) is 0 Å². The van der Waals surface area contributed by atoms with E-state index in [-0.39, 0.29) is 6.07 Å². The molecule has 0 aliphatic carbocycles. The summed E-state index contributed by atoms with van der Waals surface area (Å²) in [6.07, 6.45) is 0. The number of rotatable bonds is 2. The van der Waals surface area contributed by atoms with Crippen molar-refractivity contribution in [3.8, 4) is 5.75 Å². The van der Waals surface area contributed by atoms with Crippen LogP contribution in [-0.4, -0.2) is 6.07 Å². The summed E-state index contributed by atoms with van der Waals surface area (Å²) in [5.41, 5.74) is 0. The van der Waals surface area contributed by atoms with Crippen molar-refractivity contribution in [3.63, 3.8) is 0 Å². The first kappa shape index (κ1) is 8.98. The predicted molar refractivity (Wildman–Crippen MR) is 47.8 cm³/mol. The van der Waals surface area contributed by atoms with Gasteiger partial charge in [-0.3, -0.25) is 0 Å². The minimum atomic E-state index is 0.0939. The number of benzene rings is 1. The van der Waals surface area contributed by atoms with Crippen LogP contribution in [-0.2, 0) is 0 Å². The van der Waals surface area contributed by atoms with E-state index in [1.54, 1.807) is 18.2 Å². The normalized spacial score (nSPS) is 9.73. The lowest BCUT2D eigenvalue weighted by atomic mass is 10.3. The van der Waals surface area contributed by atoms with Crippen LogP contribution in [0.5, 0.6) is 5.75 Å². The Balaban J connectivity index is 2.89. The fourth-order valence-electron chi connectivity index (χ4n) is 0.675. The van der Waals surface area contributed by atoms with Crippen molar-refractivity contribution >= 4 is 34.8 Å². The zero-order valence-corrected chi connectivity index (χ0v) is 7.75. The summed E-state index contributed by atoms with van der Waals surface area (Å²) in [5, 5.41) is 1.08. The fourth-order valence-corrected chi connectivity index (χ4v) is 1.31. The van der Waals surface area contributed by atoms with E-state index in [1.165, 1.54) is 0 Å². The minimum Gasteiger partial charge on any atom is -0.478 e. The highest BCUT2D eigenvalue weighted by molar-refractivity contribution is 6.34. The smallest absolute Gasteiger partial charge is 0.162 e. The number of hydrogen-bond acceptors (Lipinski definition) is 1. The van der Waals surface area contributed by atoms with Crippen LogP contribution in [0.25, 0.3) is 0 Å². The molecule has 11 heavy (non-hydrogen) atoms. The van der Waals surface area contributed by atoms with Gasteiger partial charge in [-0.2, -0.15) is 0 Å². The lowest BCUT2D eigenvalue weighted by Gasteiger charge is -2.01. The van der Waals surface area contributed by atoms with E-state index < -0.39 is 0 Å². The van der Waals surface area contributed by atoms with Crippen LogP contribution in [0.1, 0.15) is 0 Å². The van der Waals surface area contributed by atoms with Crippen molar-refractivity contribution in [1.29, 1.82) is 0 Å². The topological polar surface area (TPSA) is 9.23 Å². The Morgan fingerprint density at radius 2 is 1.64 bits per heavy atom. The highest BCUT2D eigenvalue weighted by Gasteiger charge is 1.97. The molecular formula is C7H5Cl3O. The Labute approximate surface area is 79.8 Å². The van der Waals surface area contributed by atoms with Crippen molar-refractivity contribution in [2.75, 3.05) is 6.07 Å².